The van der Waals surface area contributed by atoms with E-state index in [-0.39, 0.29) is 0 Å². The zero-order chi connectivity index (χ0) is 13.9. The van der Waals surface area contributed by atoms with Gasteiger partial charge < -0.3 is 5.32 Å². The van der Waals surface area contributed by atoms with Crippen LogP contribution in [0.4, 0.5) is 8.78 Å². The van der Waals surface area contributed by atoms with Gasteiger partial charge >= 0.3 is 0 Å². The van der Waals surface area contributed by atoms with Crippen LogP contribution < -0.4 is 5.32 Å². The quantitative estimate of drug-likeness (QED) is 0.889. The van der Waals surface area contributed by atoms with Gasteiger partial charge in [0.05, 0.1) is 0 Å². The molecule has 5 unspecified atom stereocenters. The van der Waals surface area contributed by atoms with E-state index in [0.29, 0.717) is 6.04 Å². The third-order valence-electron chi connectivity index (χ3n) is 6.01. The van der Waals surface area contributed by atoms with Crippen LogP contribution in [0.2, 0.25) is 0 Å². The molecule has 1 N–H and O–H groups in total. The Bertz CT molecular complexity index is 493. The zero-order valence-electron chi connectivity index (χ0n) is 11.8. The smallest absolute Gasteiger partial charge is 0.126 e. The molecular formula is C17H21F2N. The van der Waals surface area contributed by atoms with Crippen molar-refractivity contribution in [3.05, 3.63) is 35.4 Å². The maximum atomic E-state index is 13.3. The summed E-state index contributed by atoms with van der Waals surface area (Å²) in [5.41, 5.74) is 0.777. The average molecular weight is 277 g/mol. The Morgan fingerprint density at radius 1 is 1.10 bits per heavy atom. The first-order valence-electron chi connectivity index (χ1n) is 7.79. The number of halogens is 2. The molecule has 1 nitrogen and oxygen atoms in total. The van der Waals surface area contributed by atoms with E-state index in [1.807, 2.05) is 7.05 Å². The molecular weight excluding hydrogens is 256 g/mol. The van der Waals surface area contributed by atoms with E-state index in [0.717, 1.165) is 47.6 Å². The fourth-order valence-corrected chi connectivity index (χ4v) is 5.34. The van der Waals surface area contributed by atoms with Crippen LogP contribution in [0.5, 0.6) is 0 Å². The van der Waals surface area contributed by atoms with Crippen LogP contribution in [0.25, 0.3) is 0 Å². The molecule has 0 amide bonds. The lowest BCUT2D eigenvalue weighted by Crippen LogP contribution is -2.32. The van der Waals surface area contributed by atoms with Gasteiger partial charge in [0.15, 0.2) is 0 Å². The van der Waals surface area contributed by atoms with Crippen molar-refractivity contribution >= 4 is 0 Å². The van der Waals surface area contributed by atoms with Crippen molar-refractivity contribution in [1.29, 1.82) is 0 Å². The molecule has 20 heavy (non-hydrogen) atoms. The second-order valence-electron chi connectivity index (χ2n) is 6.94. The fraction of sp³-hybridized carbons (Fsp3) is 0.647. The Balaban J connectivity index is 1.50. The predicted molar refractivity (Wildman–Crippen MR) is 74.2 cm³/mol. The summed E-state index contributed by atoms with van der Waals surface area (Å²) in [4.78, 5) is 0. The molecule has 1 aromatic carbocycles. The van der Waals surface area contributed by atoms with Gasteiger partial charge in [0, 0.05) is 12.1 Å². The molecule has 3 fully saturated rings. The Kier molecular flexibility index (Phi) is 2.88. The monoisotopic (exact) mass is 277 g/mol. The zero-order valence-corrected chi connectivity index (χ0v) is 11.8. The number of hydrogen-bond acceptors (Lipinski definition) is 1. The summed E-state index contributed by atoms with van der Waals surface area (Å²) in [5.74, 6) is 3.47. The van der Waals surface area contributed by atoms with Crippen LogP contribution in [0.15, 0.2) is 18.2 Å². The maximum absolute atomic E-state index is 13.3. The number of rotatable bonds is 4. The summed E-state index contributed by atoms with van der Waals surface area (Å²) in [6.07, 6.45) is 5.00. The number of hydrogen-bond donors (Lipinski definition) is 1. The van der Waals surface area contributed by atoms with Crippen LogP contribution >= 0.6 is 0 Å². The molecule has 0 aliphatic heterocycles. The van der Waals surface area contributed by atoms with Gasteiger partial charge in [-0.25, -0.2) is 8.78 Å². The molecule has 3 heteroatoms. The third-order valence-corrected chi connectivity index (χ3v) is 6.01. The molecule has 108 valence electrons. The highest BCUT2D eigenvalue weighted by atomic mass is 19.1. The van der Waals surface area contributed by atoms with Gasteiger partial charge in [-0.1, -0.05) is 0 Å². The summed E-state index contributed by atoms with van der Waals surface area (Å²) < 4.78 is 26.6. The first-order chi connectivity index (χ1) is 9.67. The molecule has 0 radical (unpaired) electrons. The van der Waals surface area contributed by atoms with Crippen molar-refractivity contribution in [2.45, 2.75) is 31.7 Å². The number of fused-ring (bicyclic) bond motifs is 5. The summed E-state index contributed by atoms with van der Waals surface area (Å²) >= 11 is 0. The van der Waals surface area contributed by atoms with E-state index >= 15 is 0 Å². The molecule has 4 rings (SSSR count). The highest BCUT2D eigenvalue weighted by Gasteiger charge is 2.66. The second-order valence-corrected chi connectivity index (χ2v) is 6.94. The van der Waals surface area contributed by atoms with Gasteiger partial charge in [0.25, 0.3) is 0 Å². The van der Waals surface area contributed by atoms with Crippen LogP contribution in [0, 0.1) is 41.2 Å². The van der Waals surface area contributed by atoms with Crippen LogP contribution in [-0.4, -0.2) is 13.1 Å². The van der Waals surface area contributed by atoms with Crippen molar-refractivity contribution in [2.75, 3.05) is 7.05 Å². The Morgan fingerprint density at radius 2 is 1.70 bits per heavy atom. The van der Waals surface area contributed by atoms with Crippen molar-refractivity contribution < 1.29 is 8.78 Å². The summed E-state index contributed by atoms with van der Waals surface area (Å²) in [5, 5.41) is 3.40. The van der Waals surface area contributed by atoms with E-state index < -0.39 is 11.6 Å². The van der Waals surface area contributed by atoms with Gasteiger partial charge in [-0.2, -0.15) is 0 Å². The molecule has 0 heterocycles. The predicted octanol–water partition coefficient (Wildman–Crippen LogP) is 3.39. The number of benzene rings is 1. The molecule has 0 spiro atoms. The largest absolute Gasteiger partial charge is 0.316 e. The van der Waals surface area contributed by atoms with Gasteiger partial charge in [-0.05, 0) is 80.0 Å². The second kappa shape index (κ2) is 4.52. The molecule has 3 aliphatic rings. The first kappa shape index (κ1) is 12.8. The summed E-state index contributed by atoms with van der Waals surface area (Å²) in [6, 6.07) is 4.26. The lowest BCUT2D eigenvalue weighted by molar-refractivity contribution is 0.376. The van der Waals surface area contributed by atoms with E-state index in [1.54, 1.807) is 0 Å². The lowest BCUT2D eigenvalue weighted by atomic mass is 9.93. The summed E-state index contributed by atoms with van der Waals surface area (Å²) in [6.45, 7) is 0. The Labute approximate surface area is 118 Å². The SMILES string of the molecule is CNC(Cc1cc(F)cc(F)c1)C1C2C3CCC(C3)C21. The standard InChI is InChI=1S/C17H21F2N/c1-20-14(6-9-4-12(18)8-13(19)5-9)17-15-10-2-3-11(7-10)16(15)17/h4-5,8,10-11,14-17,20H,2-3,6-7H2,1H3. The van der Waals surface area contributed by atoms with Crippen molar-refractivity contribution in [1.82, 2.24) is 5.32 Å². The highest BCUT2D eigenvalue weighted by molar-refractivity contribution is 5.22. The molecule has 0 aromatic heterocycles. The minimum Gasteiger partial charge on any atom is -0.316 e. The minimum atomic E-state index is -0.467. The van der Waals surface area contributed by atoms with Crippen molar-refractivity contribution in [2.24, 2.45) is 29.6 Å². The topological polar surface area (TPSA) is 12.0 Å². The number of nitrogens with one attached hydrogen (secondary N) is 1. The van der Waals surface area contributed by atoms with Gasteiger partial charge in [0.1, 0.15) is 11.6 Å². The fourth-order valence-electron chi connectivity index (χ4n) is 5.34. The Hall–Kier alpha value is -0.960. The number of likely N-dealkylation sites (N-methyl/N-ethyl adjacent to an activating group) is 1. The van der Waals surface area contributed by atoms with Gasteiger partial charge in [-0.3, -0.25) is 0 Å². The van der Waals surface area contributed by atoms with Crippen molar-refractivity contribution in [3.63, 3.8) is 0 Å². The molecule has 3 aliphatic carbocycles. The van der Waals surface area contributed by atoms with Crippen LogP contribution in [0.3, 0.4) is 0 Å². The van der Waals surface area contributed by atoms with E-state index in [2.05, 4.69) is 5.32 Å². The first-order valence-corrected chi connectivity index (χ1v) is 7.79. The Morgan fingerprint density at radius 3 is 2.25 bits per heavy atom. The van der Waals surface area contributed by atoms with Gasteiger partial charge in [0.2, 0.25) is 0 Å². The molecule has 1 aromatic rings. The normalized spacial score (nSPS) is 38.9. The average Bonchev–Trinajstić information content (AvgIpc) is 2.82. The van der Waals surface area contributed by atoms with E-state index in [4.69, 9.17) is 0 Å². The van der Waals surface area contributed by atoms with Crippen LogP contribution in [0.1, 0.15) is 24.8 Å². The minimum absolute atomic E-state index is 0.370. The van der Waals surface area contributed by atoms with Gasteiger partial charge in [-0.15, -0.1) is 0 Å². The molecule has 0 saturated heterocycles. The maximum Gasteiger partial charge on any atom is 0.126 e. The van der Waals surface area contributed by atoms with Crippen molar-refractivity contribution in [3.8, 4) is 0 Å². The van der Waals surface area contributed by atoms with E-state index in [9.17, 15) is 8.78 Å². The van der Waals surface area contributed by atoms with E-state index in [1.165, 1.54) is 31.4 Å². The lowest BCUT2D eigenvalue weighted by Gasteiger charge is -2.20. The summed E-state index contributed by atoms with van der Waals surface area (Å²) in [7, 11) is 1.98. The van der Waals surface area contributed by atoms with Crippen LogP contribution in [-0.2, 0) is 6.42 Å². The molecule has 5 atom stereocenters. The molecule has 2 bridgehead atoms. The third kappa shape index (κ3) is 1.90. The highest BCUT2D eigenvalue weighted by Crippen LogP contribution is 2.70. The molecule has 3 saturated carbocycles.